The van der Waals surface area contributed by atoms with E-state index in [1.807, 2.05) is 10.9 Å². The average molecular weight is 276 g/mol. The van der Waals surface area contributed by atoms with Crippen molar-refractivity contribution >= 4 is 27.9 Å². The molecule has 1 rings (SSSR count). The highest BCUT2D eigenvalue weighted by molar-refractivity contribution is 9.10. The van der Waals surface area contributed by atoms with Crippen LogP contribution in [0.5, 0.6) is 0 Å². The van der Waals surface area contributed by atoms with Crippen molar-refractivity contribution in [3.63, 3.8) is 0 Å². The molecule has 1 aromatic rings. The summed E-state index contributed by atoms with van der Waals surface area (Å²) in [5.41, 5.74) is 8.69. The van der Waals surface area contributed by atoms with Gasteiger partial charge in [-0.3, -0.25) is 10.2 Å². The minimum Gasteiger partial charge on any atom is -0.350 e. The van der Waals surface area contributed by atoms with Crippen molar-refractivity contribution in [1.82, 2.24) is 10.9 Å². The van der Waals surface area contributed by atoms with Gasteiger partial charge in [-0.2, -0.15) is 0 Å². The van der Waals surface area contributed by atoms with Gasteiger partial charge in [0.05, 0.1) is 10.0 Å². The van der Waals surface area contributed by atoms with E-state index in [2.05, 4.69) is 15.9 Å². The summed E-state index contributed by atoms with van der Waals surface area (Å²) < 4.78 is 13.0. The third-order valence-corrected chi connectivity index (χ3v) is 2.30. The van der Waals surface area contributed by atoms with Gasteiger partial charge in [0.25, 0.3) is 5.91 Å². The molecule has 0 unspecified atom stereocenters. The minimum atomic E-state index is -0.907. The lowest BCUT2D eigenvalue weighted by atomic mass is 10.2. The molecule has 0 aromatic heterocycles. The van der Waals surface area contributed by atoms with Crippen molar-refractivity contribution in [2.24, 2.45) is 5.73 Å². The maximum atomic E-state index is 13.0. The van der Waals surface area contributed by atoms with Crippen LogP contribution in [-0.2, 0) is 0 Å². The molecule has 0 radical (unpaired) electrons. The Hall–Kier alpha value is -1.63. The number of benzene rings is 1. The predicted octanol–water partition coefficient (Wildman–Crippen LogP) is 0.901. The summed E-state index contributed by atoms with van der Waals surface area (Å²) in [7, 11) is 0. The van der Waals surface area contributed by atoms with E-state index in [1.54, 1.807) is 0 Å². The van der Waals surface area contributed by atoms with Gasteiger partial charge in [0, 0.05) is 0 Å². The number of carbonyl (C=O) groups is 2. The number of hydrazine groups is 1. The largest absolute Gasteiger partial charge is 0.350 e. The SMILES string of the molecule is NC(=O)NNC(=O)c1cccc(F)c1Br. The Morgan fingerprint density at radius 3 is 2.60 bits per heavy atom. The highest BCUT2D eigenvalue weighted by Crippen LogP contribution is 2.19. The quantitative estimate of drug-likeness (QED) is 0.666. The number of halogens is 2. The monoisotopic (exact) mass is 275 g/mol. The van der Waals surface area contributed by atoms with E-state index < -0.39 is 17.8 Å². The van der Waals surface area contributed by atoms with E-state index in [0.29, 0.717) is 0 Å². The normalized spacial score (nSPS) is 9.47. The second kappa shape index (κ2) is 4.74. The van der Waals surface area contributed by atoms with Crippen LogP contribution < -0.4 is 16.6 Å². The summed E-state index contributed by atoms with van der Waals surface area (Å²) in [4.78, 5) is 21.6. The van der Waals surface area contributed by atoms with E-state index in [0.717, 1.165) is 0 Å². The third-order valence-electron chi connectivity index (χ3n) is 1.50. The predicted molar refractivity (Wildman–Crippen MR) is 54.3 cm³/mol. The lowest BCUT2D eigenvalue weighted by molar-refractivity contribution is 0.0936. The Bertz CT molecular complexity index is 411. The second-order valence-corrected chi connectivity index (χ2v) is 3.34. The molecule has 0 heterocycles. The first-order chi connectivity index (χ1) is 7.02. The van der Waals surface area contributed by atoms with Crippen LogP contribution in [-0.4, -0.2) is 11.9 Å². The Kier molecular flexibility index (Phi) is 3.62. The molecule has 15 heavy (non-hydrogen) atoms. The average Bonchev–Trinajstić information content (AvgIpc) is 2.18. The van der Waals surface area contributed by atoms with E-state index >= 15 is 0 Å². The number of carbonyl (C=O) groups excluding carboxylic acids is 2. The van der Waals surface area contributed by atoms with Crippen LogP contribution in [0.25, 0.3) is 0 Å². The van der Waals surface area contributed by atoms with Crippen molar-refractivity contribution in [2.45, 2.75) is 0 Å². The Morgan fingerprint density at radius 1 is 1.33 bits per heavy atom. The van der Waals surface area contributed by atoms with Crippen LogP contribution in [0.3, 0.4) is 0 Å². The van der Waals surface area contributed by atoms with Gasteiger partial charge < -0.3 is 5.73 Å². The first-order valence-electron chi connectivity index (χ1n) is 3.82. The molecule has 4 N–H and O–H groups in total. The van der Waals surface area contributed by atoms with Crippen molar-refractivity contribution < 1.29 is 14.0 Å². The van der Waals surface area contributed by atoms with Gasteiger partial charge in [-0.1, -0.05) is 6.07 Å². The topological polar surface area (TPSA) is 84.2 Å². The van der Waals surface area contributed by atoms with Gasteiger partial charge in [-0.05, 0) is 28.1 Å². The molecule has 0 spiro atoms. The lowest BCUT2D eigenvalue weighted by Gasteiger charge is -2.06. The van der Waals surface area contributed by atoms with Gasteiger partial charge >= 0.3 is 6.03 Å². The van der Waals surface area contributed by atoms with Crippen LogP contribution in [0.1, 0.15) is 10.4 Å². The van der Waals surface area contributed by atoms with Gasteiger partial charge in [0.2, 0.25) is 0 Å². The molecule has 0 aliphatic carbocycles. The van der Waals surface area contributed by atoms with Crippen LogP contribution in [0, 0.1) is 5.82 Å². The van der Waals surface area contributed by atoms with E-state index in [1.165, 1.54) is 18.2 Å². The molecular formula is C8H7BrFN3O2. The van der Waals surface area contributed by atoms with Crippen molar-refractivity contribution in [3.05, 3.63) is 34.1 Å². The first-order valence-corrected chi connectivity index (χ1v) is 4.61. The molecule has 7 heteroatoms. The lowest BCUT2D eigenvalue weighted by Crippen LogP contribution is -2.44. The number of primary amides is 1. The van der Waals surface area contributed by atoms with Crippen LogP contribution in [0.4, 0.5) is 9.18 Å². The number of hydrogen-bond donors (Lipinski definition) is 3. The zero-order valence-electron chi connectivity index (χ0n) is 7.38. The van der Waals surface area contributed by atoms with Crippen LogP contribution in [0.15, 0.2) is 22.7 Å². The molecule has 0 saturated carbocycles. The number of hydrogen-bond acceptors (Lipinski definition) is 2. The molecule has 3 amide bonds. The first kappa shape index (κ1) is 11.4. The van der Waals surface area contributed by atoms with Gasteiger partial charge in [-0.25, -0.2) is 14.6 Å². The minimum absolute atomic E-state index is 0.0220. The maximum Gasteiger partial charge on any atom is 0.330 e. The fourth-order valence-electron chi connectivity index (χ4n) is 0.865. The number of urea groups is 1. The highest BCUT2D eigenvalue weighted by atomic mass is 79.9. The molecule has 0 saturated heterocycles. The summed E-state index contributed by atoms with van der Waals surface area (Å²) in [6.07, 6.45) is 0. The molecule has 0 fully saturated rings. The van der Waals surface area contributed by atoms with Gasteiger partial charge in [0.15, 0.2) is 0 Å². The molecular weight excluding hydrogens is 269 g/mol. The summed E-state index contributed by atoms with van der Waals surface area (Å²) in [6.45, 7) is 0. The summed E-state index contributed by atoms with van der Waals surface area (Å²) in [5.74, 6) is -1.23. The maximum absolute atomic E-state index is 13.0. The number of rotatable bonds is 1. The number of amides is 3. The van der Waals surface area contributed by atoms with E-state index in [9.17, 15) is 14.0 Å². The second-order valence-electron chi connectivity index (χ2n) is 2.54. The molecule has 0 aliphatic rings. The zero-order valence-corrected chi connectivity index (χ0v) is 8.97. The zero-order chi connectivity index (χ0) is 11.4. The molecule has 0 bridgehead atoms. The van der Waals surface area contributed by atoms with E-state index in [4.69, 9.17) is 5.73 Å². The van der Waals surface area contributed by atoms with Crippen molar-refractivity contribution in [2.75, 3.05) is 0 Å². The molecule has 0 atom stereocenters. The third kappa shape index (κ3) is 2.91. The fraction of sp³-hybridized carbons (Fsp3) is 0. The van der Waals surface area contributed by atoms with Crippen LogP contribution >= 0.6 is 15.9 Å². The Morgan fingerprint density at radius 2 is 2.00 bits per heavy atom. The van der Waals surface area contributed by atoms with Gasteiger partial charge in [0.1, 0.15) is 5.82 Å². The van der Waals surface area contributed by atoms with E-state index in [-0.39, 0.29) is 10.0 Å². The van der Waals surface area contributed by atoms with Crippen molar-refractivity contribution in [1.29, 1.82) is 0 Å². The summed E-state index contributed by atoms with van der Waals surface area (Å²) in [6, 6.07) is 3.06. The fourth-order valence-corrected chi connectivity index (χ4v) is 1.31. The number of nitrogens with two attached hydrogens (primary N) is 1. The molecule has 0 aliphatic heterocycles. The van der Waals surface area contributed by atoms with Gasteiger partial charge in [-0.15, -0.1) is 0 Å². The standard InChI is InChI=1S/C8H7BrFN3O2/c9-6-4(2-1-3-5(6)10)7(14)12-13-8(11)15/h1-3H,(H,12,14)(H3,11,13,15). The molecule has 5 nitrogen and oxygen atoms in total. The Balaban J connectivity index is 2.82. The smallest absolute Gasteiger partial charge is 0.330 e. The van der Waals surface area contributed by atoms with Crippen molar-refractivity contribution in [3.8, 4) is 0 Å². The molecule has 80 valence electrons. The van der Waals surface area contributed by atoms with Crippen LogP contribution in [0.2, 0.25) is 0 Å². The molecule has 1 aromatic carbocycles. The summed E-state index contributed by atoms with van der Waals surface area (Å²) >= 11 is 2.91. The number of nitrogens with one attached hydrogen (secondary N) is 2. The summed E-state index contributed by atoms with van der Waals surface area (Å²) in [5, 5.41) is 0. The highest BCUT2D eigenvalue weighted by Gasteiger charge is 2.12. The Labute approximate surface area is 92.9 Å².